The van der Waals surface area contributed by atoms with Crippen molar-refractivity contribution in [2.24, 2.45) is 5.41 Å². The van der Waals surface area contributed by atoms with Gasteiger partial charge in [-0.25, -0.2) is 0 Å². The average molecular weight is 228 g/mol. The minimum atomic E-state index is -0.646. The van der Waals surface area contributed by atoms with Crippen molar-refractivity contribution < 1.29 is 19.0 Å². The number of fused-ring (bicyclic) bond motifs is 1. The molecule has 92 valence electrons. The van der Waals surface area contributed by atoms with Crippen LogP contribution < -0.4 is 0 Å². The summed E-state index contributed by atoms with van der Waals surface area (Å²) in [5.41, 5.74) is -1.44. The number of esters is 1. The summed E-state index contributed by atoms with van der Waals surface area (Å²) in [5, 5.41) is 0. The lowest BCUT2D eigenvalue weighted by Gasteiger charge is -2.43. The summed E-state index contributed by atoms with van der Waals surface area (Å²) in [6.45, 7) is 10.0. The maximum absolute atomic E-state index is 11.3. The van der Waals surface area contributed by atoms with Crippen molar-refractivity contribution in [3.8, 4) is 0 Å². The maximum Gasteiger partial charge on any atom is 0.303 e. The molecule has 2 rings (SSSR count). The van der Waals surface area contributed by atoms with Crippen molar-refractivity contribution in [2.45, 2.75) is 58.5 Å². The van der Waals surface area contributed by atoms with Crippen molar-refractivity contribution in [2.75, 3.05) is 6.61 Å². The van der Waals surface area contributed by atoms with Gasteiger partial charge in [0.25, 0.3) is 0 Å². The van der Waals surface area contributed by atoms with E-state index in [2.05, 4.69) is 6.92 Å². The van der Waals surface area contributed by atoms with Gasteiger partial charge in [-0.3, -0.25) is 4.79 Å². The summed E-state index contributed by atoms with van der Waals surface area (Å²) >= 11 is 0. The van der Waals surface area contributed by atoms with Gasteiger partial charge in [0, 0.05) is 6.92 Å². The molecule has 0 bridgehead atoms. The lowest BCUT2D eigenvalue weighted by Crippen LogP contribution is -2.55. The van der Waals surface area contributed by atoms with E-state index < -0.39 is 11.2 Å². The highest BCUT2D eigenvalue weighted by Gasteiger charge is 2.70. The van der Waals surface area contributed by atoms with Gasteiger partial charge in [0.2, 0.25) is 0 Å². The Morgan fingerprint density at radius 1 is 1.31 bits per heavy atom. The Balaban J connectivity index is 2.41. The van der Waals surface area contributed by atoms with Gasteiger partial charge in [-0.1, -0.05) is 6.92 Å². The zero-order chi connectivity index (χ0) is 12.2. The molecule has 3 unspecified atom stereocenters. The maximum atomic E-state index is 11.3. The molecule has 4 heteroatoms. The van der Waals surface area contributed by atoms with Crippen molar-refractivity contribution in [3.05, 3.63) is 0 Å². The van der Waals surface area contributed by atoms with Crippen LogP contribution in [-0.2, 0) is 19.0 Å². The van der Waals surface area contributed by atoms with Crippen molar-refractivity contribution in [1.82, 2.24) is 0 Å². The lowest BCUT2D eigenvalue weighted by atomic mass is 9.68. The van der Waals surface area contributed by atoms with E-state index in [9.17, 15) is 4.79 Å². The number of carbonyl (C=O) groups excluding carboxylic acids is 1. The Morgan fingerprint density at radius 3 is 2.50 bits per heavy atom. The normalized spacial score (nSPS) is 45.4. The Morgan fingerprint density at radius 2 is 1.94 bits per heavy atom. The van der Waals surface area contributed by atoms with Crippen LogP contribution in [0.15, 0.2) is 0 Å². The van der Waals surface area contributed by atoms with E-state index in [0.29, 0.717) is 6.61 Å². The lowest BCUT2D eigenvalue weighted by molar-refractivity contribution is -0.189. The highest BCUT2D eigenvalue weighted by Crippen LogP contribution is 2.58. The molecule has 16 heavy (non-hydrogen) atoms. The molecule has 0 radical (unpaired) electrons. The molecule has 2 heterocycles. The van der Waals surface area contributed by atoms with E-state index >= 15 is 0 Å². The van der Waals surface area contributed by atoms with Crippen molar-refractivity contribution >= 4 is 5.97 Å². The molecule has 0 saturated carbocycles. The first-order chi connectivity index (χ1) is 7.23. The SMILES string of the molecule is CC(=O)OC1(C)C(C)(C)OC2OCCC21C. The second kappa shape index (κ2) is 3.20. The molecule has 0 aliphatic carbocycles. The van der Waals surface area contributed by atoms with Gasteiger partial charge in [-0.15, -0.1) is 0 Å². The third-order valence-electron chi connectivity index (χ3n) is 4.40. The molecule has 3 atom stereocenters. The fourth-order valence-corrected chi connectivity index (χ4v) is 2.90. The van der Waals surface area contributed by atoms with E-state index in [0.717, 1.165) is 6.42 Å². The largest absolute Gasteiger partial charge is 0.456 e. The van der Waals surface area contributed by atoms with Gasteiger partial charge in [0.1, 0.15) is 11.2 Å². The first kappa shape index (κ1) is 11.9. The van der Waals surface area contributed by atoms with Crippen molar-refractivity contribution in [1.29, 1.82) is 0 Å². The average Bonchev–Trinajstić information content (AvgIpc) is 2.51. The predicted molar refractivity (Wildman–Crippen MR) is 57.8 cm³/mol. The Kier molecular flexibility index (Phi) is 2.37. The minimum Gasteiger partial charge on any atom is -0.456 e. The monoisotopic (exact) mass is 228 g/mol. The Labute approximate surface area is 96.2 Å². The molecule has 0 aromatic carbocycles. The quantitative estimate of drug-likeness (QED) is 0.643. The molecule has 2 aliphatic rings. The first-order valence-corrected chi connectivity index (χ1v) is 5.72. The molecule has 2 fully saturated rings. The molecule has 0 aromatic heterocycles. The van der Waals surface area contributed by atoms with Crippen LogP contribution in [0.2, 0.25) is 0 Å². The fourth-order valence-electron chi connectivity index (χ4n) is 2.90. The van der Waals surface area contributed by atoms with Crippen LogP contribution in [0.1, 0.15) is 41.0 Å². The molecule has 2 saturated heterocycles. The van der Waals surface area contributed by atoms with E-state index in [1.54, 1.807) is 0 Å². The molecule has 0 aromatic rings. The fraction of sp³-hybridized carbons (Fsp3) is 0.917. The standard InChI is InChI=1S/C12H20O4/c1-8(13)15-12(5)10(2,3)16-9-11(12,4)6-7-14-9/h9H,6-7H2,1-5H3. The molecule has 0 amide bonds. The van der Waals surface area contributed by atoms with Crippen LogP contribution in [0.4, 0.5) is 0 Å². The topological polar surface area (TPSA) is 44.8 Å². The summed E-state index contributed by atoms with van der Waals surface area (Å²) < 4.78 is 17.1. The molecule has 4 nitrogen and oxygen atoms in total. The summed E-state index contributed by atoms with van der Waals surface area (Å²) in [6.07, 6.45) is 0.581. The zero-order valence-corrected chi connectivity index (χ0v) is 10.6. The summed E-state index contributed by atoms with van der Waals surface area (Å²) in [6, 6.07) is 0. The van der Waals surface area contributed by atoms with E-state index in [1.165, 1.54) is 6.92 Å². The summed E-state index contributed by atoms with van der Waals surface area (Å²) in [5.74, 6) is -0.270. The van der Waals surface area contributed by atoms with Crippen LogP contribution in [0.5, 0.6) is 0 Å². The molecule has 2 aliphatic heterocycles. The third-order valence-corrected chi connectivity index (χ3v) is 4.40. The summed E-state index contributed by atoms with van der Waals surface area (Å²) in [7, 11) is 0. The highest BCUT2D eigenvalue weighted by atomic mass is 16.7. The van der Waals surface area contributed by atoms with E-state index in [1.807, 2.05) is 20.8 Å². The molecular weight excluding hydrogens is 208 g/mol. The van der Waals surface area contributed by atoms with Gasteiger partial charge >= 0.3 is 5.97 Å². The van der Waals surface area contributed by atoms with Crippen LogP contribution >= 0.6 is 0 Å². The molecule has 0 N–H and O–H groups in total. The zero-order valence-electron chi connectivity index (χ0n) is 10.6. The number of hydrogen-bond acceptors (Lipinski definition) is 4. The van der Waals surface area contributed by atoms with Gasteiger partial charge in [0.15, 0.2) is 6.29 Å². The van der Waals surface area contributed by atoms with Gasteiger partial charge in [0.05, 0.1) is 12.0 Å². The van der Waals surface area contributed by atoms with E-state index in [-0.39, 0.29) is 17.7 Å². The van der Waals surface area contributed by atoms with Crippen LogP contribution in [0, 0.1) is 5.41 Å². The number of ether oxygens (including phenoxy) is 3. The van der Waals surface area contributed by atoms with E-state index in [4.69, 9.17) is 14.2 Å². The highest BCUT2D eigenvalue weighted by molar-refractivity contribution is 5.67. The Hall–Kier alpha value is -0.610. The van der Waals surface area contributed by atoms with Gasteiger partial charge < -0.3 is 14.2 Å². The second-order valence-corrected chi connectivity index (χ2v) is 5.63. The minimum absolute atomic E-state index is 0.262. The summed E-state index contributed by atoms with van der Waals surface area (Å²) in [4.78, 5) is 11.3. The van der Waals surface area contributed by atoms with Crippen LogP contribution in [-0.4, -0.2) is 30.1 Å². The molecule has 0 spiro atoms. The smallest absolute Gasteiger partial charge is 0.303 e. The number of carbonyl (C=O) groups is 1. The third kappa shape index (κ3) is 1.26. The van der Waals surface area contributed by atoms with Gasteiger partial charge in [-0.05, 0) is 27.2 Å². The van der Waals surface area contributed by atoms with Crippen molar-refractivity contribution in [3.63, 3.8) is 0 Å². The van der Waals surface area contributed by atoms with Crippen LogP contribution in [0.3, 0.4) is 0 Å². The molecular formula is C12H20O4. The van der Waals surface area contributed by atoms with Crippen LogP contribution in [0.25, 0.3) is 0 Å². The number of rotatable bonds is 1. The first-order valence-electron chi connectivity index (χ1n) is 5.72. The van der Waals surface area contributed by atoms with Gasteiger partial charge in [-0.2, -0.15) is 0 Å². The second-order valence-electron chi connectivity index (χ2n) is 5.63. The number of hydrogen-bond donors (Lipinski definition) is 0. The predicted octanol–water partition coefficient (Wildman–Crippen LogP) is 1.87. The Bertz CT molecular complexity index is 325.